The Balaban J connectivity index is 1.55. The highest BCUT2D eigenvalue weighted by molar-refractivity contribution is 8.03. The SMILES string of the molecule is COCCOC(=O)C1=C(C)NC(SCC(=O)Nc2cccc3ccccc23)=C(C#N)C1c1ccco1. The monoisotopic (exact) mass is 503 g/mol. The molecule has 0 bridgehead atoms. The number of fused-ring (bicyclic) bond motifs is 1. The van der Waals surface area contributed by atoms with E-state index in [9.17, 15) is 14.9 Å². The smallest absolute Gasteiger partial charge is 0.336 e. The van der Waals surface area contributed by atoms with Crippen molar-refractivity contribution in [3.63, 3.8) is 0 Å². The molecule has 36 heavy (non-hydrogen) atoms. The van der Waals surface area contributed by atoms with Crippen LogP contribution in [-0.2, 0) is 19.1 Å². The van der Waals surface area contributed by atoms with E-state index < -0.39 is 11.9 Å². The Morgan fingerprint density at radius 1 is 1.14 bits per heavy atom. The number of ether oxygens (including phenoxy) is 2. The van der Waals surface area contributed by atoms with E-state index in [1.54, 1.807) is 19.1 Å². The average molecular weight is 504 g/mol. The number of benzene rings is 2. The second-order valence-corrected chi connectivity index (χ2v) is 8.94. The fourth-order valence-electron chi connectivity index (χ4n) is 3.99. The van der Waals surface area contributed by atoms with Crippen molar-refractivity contribution in [2.75, 3.05) is 31.4 Å². The quantitative estimate of drug-likeness (QED) is 0.319. The van der Waals surface area contributed by atoms with Crippen LogP contribution < -0.4 is 10.6 Å². The van der Waals surface area contributed by atoms with E-state index in [4.69, 9.17) is 13.9 Å². The number of dihydropyridines is 1. The van der Waals surface area contributed by atoms with E-state index in [1.807, 2.05) is 42.5 Å². The first-order valence-electron chi connectivity index (χ1n) is 11.3. The van der Waals surface area contributed by atoms with E-state index in [0.717, 1.165) is 16.5 Å². The van der Waals surface area contributed by atoms with Crippen molar-refractivity contribution in [3.8, 4) is 6.07 Å². The molecule has 184 valence electrons. The van der Waals surface area contributed by atoms with Gasteiger partial charge in [0.25, 0.3) is 0 Å². The summed E-state index contributed by atoms with van der Waals surface area (Å²) in [5.41, 5.74) is 1.80. The molecule has 1 aliphatic heterocycles. The molecular weight excluding hydrogens is 478 g/mol. The van der Waals surface area contributed by atoms with Crippen molar-refractivity contribution in [2.45, 2.75) is 12.8 Å². The number of nitrogens with one attached hydrogen (secondary N) is 2. The second kappa shape index (κ2) is 11.6. The van der Waals surface area contributed by atoms with Crippen LogP contribution in [0.15, 0.2) is 87.1 Å². The van der Waals surface area contributed by atoms with Crippen molar-refractivity contribution in [3.05, 3.63) is 88.5 Å². The van der Waals surface area contributed by atoms with Gasteiger partial charge < -0.3 is 24.5 Å². The molecule has 9 heteroatoms. The molecule has 2 aromatic carbocycles. The molecule has 1 amide bonds. The third-order valence-electron chi connectivity index (χ3n) is 5.63. The summed E-state index contributed by atoms with van der Waals surface area (Å²) in [5, 5.41) is 18.6. The third kappa shape index (κ3) is 5.46. The van der Waals surface area contributed by atoms with Gasteiger partial charge in [0.05, 0.1) is 46.8 Å². The normalized spacial score (nSPS) is 15.4. The first-order valence-corrected chi connectivity index (χ1v) is 12.2. The van der Waals surface area contributed by atoms with Gasteiger partial charge >= 0.3 is 5.97 Å². The Morgan fingerprint density at radius 2 is 1.94 bits per heavy atom. The van der Waals surface area contributed by atoms with Gasteiger partial charge in [0.1, 0.15) is 12.4 Å². The van der Waals surface area contributed by atoms with Gasteiger partial charge in [0, 0.05) is 23.9 Å². The highest BCUT2D eigenvalue weighted by atomic mass is 32.2. The van der Waals surface area contributed by atoms with Crippen molar-refractivity contribution in [1.82, 2.24) is 5.32 Å². The fourth-order valence-corrected chi connectivity index (χ4v) is 4.88. The number of nitrogens with zero attached hydrogens (tertiary/aromatic N) is 1. The number of rotatable bonds is 9. The Kier molecular flexibility index (Phi) is 8.10. The average Bonchev–Trinajstić information content (AvgIpc) is 3.42. The van der Waals surface area contributed by atoms with Crippen LogP contribution in [0.25, 0.3) is 10.8 Å². The maximum Gasteiger partial charge on any atom is 0.336 e. The lowest BCUT2D eigenvalue weighted by molar-refractivity contribution is -0.140. The molecule has 0 saturated carbocycles. The van der Waals surface area contributed by atoms with Crippen LogP contribution >= 0.6 is 11.8 Å². The summed E-state index contributed by atoms with van der Waals surface area (Å²) >= 11 is 1.19. The zero-order valence-corrected chi connectivity index (χ0v) is 20.7. The van der Waals surface area contributed by atoms with Crippen molar-refractivity contribution in [1.29, 1.82) is 5.26 Å². The number of esters is 1. The number of anilines is 1. The molecule has 1 aromatic heterocycles. The number of thioether (sulfide) groups is 1. The van der Waals surface area contributed by atoms with Gasteiger partial charge in [-0.25, -0.2) is 4.79 Å². The standard InChI is InChI=1S/C27H25N3O5S/c1-17-24(27(32)35-14-13-33-2)25(22-11-6-12-34-22)20(15-28)26(29-17)36-16-23(31)30-21-10-5-8-18-7-3-4-9-19(18)21/h3-12,25,29H,13-14,16H2,1-2H3,(H,30,31). The summed E-state index contributed by atoms with van der Waals surface area (Å²) in [6.07, 6.45) is 1.49. The molecule has 1 unspecified atom stereocenters. The number of amides is 1. The van der Waals surface area contributed by atoms with E-state index in [1.165, 1.54) is 25.1 Å². The Morgan fingerprint density at radius 3 is 2.69 bits per heavy atom. The van der Waals surface area contributed by atoms with Crippen LogP contribution in [0.5, 0.6) is 0 Å². The van der Waals surface area contributed by atoms with Gasteiger partial charge in [0.15, 0.2) is 0 Å². The lowest BCUT2D eigenvalue weighted by atomic mass is 9.86. The van der Waals surface area contributed by atoms with Gasteiger partial charge in [-0.15, -0.1) is 0 Å². The number of carbonyl (C=O) groups is 2. The van der Waals surface area contributed by atoms with Gasteiger partial charge in [-0.3, -0.25) is 4.79 Å². The number of hydrogen-bond acceptors (Lipinski definition) is 8. The summed E-state index contributed by atoms with van der Waals surface area (Å²) < 4.78 is 15.9. The molecule has 2 heterocycles. The molecule has 3 aromatic rings. The summed E-state index contributed by atoms with van der Waals surface area (Å²) in [6.45, 7) is 2.07. The fraction of sp³-hybridized carbons (Fsp3) is 0.222. The molecule has 1 aliphatic rings. The van der Waals surface area contributed by atoms with Crippen LogP contribution in [0.4, 0.5) is 5.69 Å². The molecule has 8 nitrogen and oxygen atoms in total. The molecule has 2 N–H and O–H groups in total. The van der Waals surface area contributed by atoms with E-state index >= 15 is 0 Å². The van der Waals surface area contributed by atoms with Gasteiger partial charge in [0.2, 0.25) is 5.91 Å². The lowest BCUT2D eigenvalue weighted by Crippen LogP contribution is -2.29. The molecule has 0 aliphatic carbocycles. The van der Waals surface area contributed by atoms with Crippen molar-refractivity contribution < 1.29 is 23.5 Å². The number of allylic oxidation sites excluding steroid dienone is 2. The molecular formula is C27H25N3O5S. The third-order valence-corrected chi connectivity index (χ3v) is 6.64. The zero-order chi connectivity index (χ0) is 25.5. The Bertz CT molecular complexity index is 1370. The Hall–Kier alpha value is -4.00. The number of nitriles is 1. The predicted octanol–water partition coefficient (Wildman–Crippen LogP) is 4.69. The summed E-state index contributed by atoms with van der Waals surface area (Å²) in [6, 6.07) is 19.1. The topological polar surface area (TPSA) is 114 Å². The minimum absolute atomic E-state index is 0.0580. The van der Waals surface area contributed by atoms with E-state index in [2.05, 4.69) is 16.7 Å². The van der Waals surface area contributed by atoms with Crippen LogP contribution in [0, 0.1) is 11.3 Å². The molecule has 0 saturated heterocycles. The zero-order valence-electron chi connectivity index (χ0n) is 19.9. The van der Waals surface area contributed by atoms with Crippen LogP contribution in [0.1, 0.15) is 18.6 Å². The van der Waals surface area contributed by atoms with Gasteiger partial charge in [-0.2, -0.15) is 5.26 Å². The van der Waals surface area contributed by atoms with Crippen molar-refractivity contribution >= 4 is 40.1 Å². The molecule has 0 spiro atoms. The predicted molar refractivity (Wildman–Crippen MR) is 138 cm³/mol. The summed E-state index contributed by atoms with van der Waals surface area (Å²) in [4.78, 5) is 25.7. The van der Waals surface area contributed by atoms with E-state index in [0.29, 0.717) is 16.5 Å². The Labute approximate surface area is 212 Å². The maximum atomic E-state index is 12.9. The molecule has 1 atom stereocenters. The largest absolute Gasteiger partial charge is 0.468 e. The van der Waals surface area contributed by atoms with Crippen LogP contribution in [0.3, 0.4) is 0 Å². The highest BCUT2D eigenvalue weighted by Crippen LogP contribution is 2.41. The van der Waals surface area contributed by atoms with E-state index in [-0.39, 0.29) is 36.0 Å². The lowest BCUT2D eigenvalue weighted by Gasteiger charge is -2.27. The second-order valence-electron chi connectivity index (χ2n) is 7.96. The molecule has 0 fully saturated rings. The first-order chi connectivity index (χ1) is 17.5. The maximum absolute atomic E-state index is 12.9. The minimum Gasteiger partial charge on any atom is -0.468 e. The number of furan rings is 1. The van der Waals surface area contributed by atoms with Crippen LogP contribution in [-0.4, -0.2) is 38.0 Å². The molecule has 0 radical (unpaired) electrons. The van der Waals surface area contributed by atoms with Crippen molar-refractivity contribution in [2.24, 2.45) is 0 Å². The summed E-state index contributed by atoms with van der Waals surface area (Å²) in [7, 11) is 1.52. The van der Waals surface area contributed by atoms with Gasteiger partial charge in [-0.05, 0) is 30.5 Å². The van der Waals surface area contributed by atoms with Gasteiger partial charge in [-0.1, -0.05) is 48.2 Å². The van der Waals surface area contributed by atoms with Crippen LogP contribution in [0.2, 0.25) is 0 Å². The number of hydrogen-bond donors (Lipinski definition) is 2. The first kappa shape index (κ1) is 25.1. The number of methoxy groups -OCH3 is 1. The molecule has 4 rings (SSSR count). The minimum atomic E-state index is -0.759. The highest BCUT2D eigenvalue weighted by Gasteiger charge is 2.37. The number of carbonyl (C=O) groups excluding carboxylic acids is 2. The summed E-state index contributed by atoms with van der Waals surface area (Å²) in [5.74, 6) is -1.05.